The first-order valence-corrected chi connectivity index (χ1v) is 9.02. The Morgan fingerprint density at radius 3 is 2.88 bits per heavy atom. The molecule has 6 heteroatoms. The quantitative estimate of drug-likeness (QED) is 0.715. The Kier molecular flexibility index (Phi) is 5.71. The maximum atomic E-state index is 11.5. The lowest BCUT2D eigenvalue weighted by Crippen LogP contribution is -2.31. The number of methoxy groups -OCH3 is 1. The van der Waals surface area contributed by atoms with Gasteiger partial charge in [-0.2, -0.15) is 0 Å². The summed E-state index contributed by atoms with van der Waals surface area (Å²) in [4.78, 5) is 16.5. The van der Waals surface area contributed by atoms with Gasteiger partial charge in [0.15, 0.2) is 0 Å². The van der Waals surface area contributed by atoms with E-state index in [4.69, 9.17) is 13.9 Å². The Bertz CT molecular complexity index is 672. The second kappa shape index (κ2) is 7.96. The average molecular weight is 349 g/mol. The Morgan fingerprint density at radius 2 is 2.21 bits per heavy atom. The van der Waals surface area contributed by atoms with E-state index in [1.165, 1.54) is 16.9 Å². The van der Waals surface area contributed by atoms with Gasteiger partial charge in [-0.15, -0.1) is 11.3 Å². The lowest BCUT2D eigenvalue weighted by Gasteiger charge is -2.23. The summed E-state index contributed by atoms with van der Waals surface area (Å²) in [5.74, 6) is 0.569. The summed E-state index contributed by atoms with van der Waals surface area (Å²) in [6.45, 7) is 5.34. The summed E-state index contributed by atoms with van der Waals surface area (Å²) in [5, 5.41) is 0. The monoisotopic (exact) mass is 349 g/mol. The van der Waals surface area contributed by atoms with Crippen molar-refractivity contribution >= 4 is 17.3 Å². The van der Waals surface area contributed by atoms with Gasteiger partial charge in [-0.05, 0) is 44.0 Å². The summed E-state index contributed by atoms with van der Waals surface area (Å²) in [5.41, 5.74) is 0. The predicted molar refractivity (Wildman–Crippen MR) is 92.2 cm³/mol. The summed E-state index contributed by atoms with van der Waals surface area (Å²) in [6.07, 6.45) is 2.51. The Labute approximate surface area is 146 Å². The van der Waals surface area contributed by atoms with Crippen molar-refractivity contribution in [1.29, 1.82) is 0 Å². The molecule has 0 N–H and O–H groups in total. The molecule has 1 unspecified atom stereocenters. The number of carbonyl (C=O) groups is 1. The molecule has 2 aromatic heterocycles. The number of esters is 1. The Balaban J connectivity index is 1.68. The SMILES string of the molecule is COC(=O)c1ccc(CN(Cc2ccc(C)s2)CC2CCCO2)o1. The third-order valence-corrected chi connectivity index (χ3v) is 5.07. The summed E-state index contributed by atoms with van der Waals surface area (Å²) in [7, 11) is 1.35. The van der Waals surface area contributed by atoms with Crippen LogP contribution in [0.15, 0.2) is 28.7 Å². The zero-order chi connectivity index (χ0) is 16.9. The molecule has 0 bridgehead atoms. The molecular formula is C18H23NO4S. The van der Waals surface area contributed by atoms with Crippen molar-refractivity contribution in [2.75, 3.05) is 20.3 Å². The van der Waals surface area contributed by atoms with Gasteiger partial charge in [-0.1, -0.05) is 0 Å². The second-order valence-electron chi connectivity index (χ2n) is 6.07. The van der Waals surface area contributed by atoms with Crippen molar-refractivity contribution in [2.24, 2.45) is 0 Å². The third-order valence-electron chi connectivity index (χ3n) is 4.09. The van der Waals surface area contributed by atoms with Crippen LogP contribution in [0.3, 0.4) is 0 Å². The van der Waals surface area contributed by atoms with Crippen LogP contribution in [0, 0.1) is 6.92 Å². The topological polar surface area (TPSA) is 51.9 Å². The minimum Gasteiger partial charge on any atom is -0.463 e. The van der Waals surface area contributed by atoms with E-state index in [9.17, 15) is 4.79 Å². The van der Waals surface area contributed by atoms with Gasteiger partial charge in [0, 0.05) is 29.5 Å². The first kappa shape index (κ1) is 17.2. The van der Waals surface area contributed by atoms with Crippen LogP contribution in [-0.4, -0.2) is 37.2 Å². The molecule has 0 amide bonds. The molecule has 5 nitrogen and oxygen atoms in total. The van der Waals surface area contributed by atoms with Crippen LogP contribution in [-0.2, 0) is 22.6 Å². The van der Waals surface area contributed by atoms with Gasteiger partial charge in [0.1, 0.15) is 5.76 Å². The number of rotatable bonds is 7. The van der Waals surface area contributed by atoms with Crippen LogP contribution in [0.1, 0.15) is 38.9 Å². The summed E-state index contributed by atoms with van der Waals surface area (Å²) in [6, 6.07) is 7.83. The van der Waals surface area contributed by atoms with E-state index in [2.05, 4.69) is 24.0 Å². The maximum absolute atomic E-state index is 11.5. The molecule has 1 fully saturated rings. The molecule has 1 saturated heterocycles. The molecule has 3 rings (SSSR count). The summed E-state index contributed by atoms with van der Waals surface area (Å²) >= 11 is 1.81. The first-order valence-electron chi connectivity index (χ1n) is 8.20. The number of hydrogen-bond acceptors (Lipinski definition) is 6. The van der Waals surface area contributed by atoms with Crippen molar-refractivity contribution in [1.82, 2.24) is 4.90 Å². The number of carbonyl (C=O) groups excluding carboxylic acids is 1. The van der Waals surface area contributed by atoms with Crippen molar-refractivity contribution in [3.8, 4) is 0 Å². The Hall–Kier alpha value is -1.63. The fourth-order valence-corrected chi connectivity index (χ4v) is 3.88. The van der Waals surface area contributed by atoms with Gasteiger partial charge in [-0.25, -0.2) is 4.79 Å². The molecule has 1 aliphatic heterocycles. The fraction of sp³-hybridized carbons (Fsp3) is 0.500. The predicted octanol–water partition coefficient (Wildman–Crippen LogP) is 3.62. The molecule has 3 heterocycles. The molecule has 0 radical (unpaired) electrons. The molecule has 2 aromatic rings. The summed E-state index contributed by atoms with van der Waals surface area (Å²) < 4.78 is 16.1. The highest BCUT2D eigenvalue weighted by Crippen LogP contribution is 2.22. The van der Waals surface area contributed by atoms with Crippen molar-refractivity contribution < 1.29 is 18.7 Å². The van der Waals surface area contributed by atoms with Crippen LogP contribution in [0.25, 0.3) is 0 Å². The standard InChI is InChI=1S/C18H23NO4S/c1-13-5-7-16(24-13)12-19(10-14-4-3-9-22-14)11-15-6-8-17(23-15)18(20)21-2/h5-8,14H,3-4,9-12H2,1-2H3. The van der Waals surface area contributed by atoms with Gasteiger partial charge < -0.3 is 13.9 Å². The van der Waals surface area contributed by atoms with E-state index < -0.39 is 5.97 Å². The minimum absolute atomic E-state index is 0.247. The zero-order valence-electron chi connectivity index (χ0n) is 14.1. The largest absolute Gasteiger partial charge is 0.463 e. The van der Waals surface area contributed by atoms with Gasteiger partial charge in [0.05, 0.1) is 19.8 Å². The molecule has 1 atom stereocenters. The van der Waals surface area contributed by atoms with E-state index in [0.29, 0.717) is 6.54 Å². The molecule has 0 spiro atoms. The Morgan fingerprint density at radius 1 is 1.33 bits per heavy atom. The highest BCUT2D eigenvalue weighted by atomic mass is 32.1. The zero-order valence-corrected chi connectivity index (χ0v) is 14.9. The minimum atomic E-state index is -0.444. The van der Waals surface area contributed by atoms with Crippen molar-refractivity contribution in [3.63, 3.8) is 0 Å². The molecule has 0 saturated carbocycles. The van der Waals surface area contributed by atoms with E-state index in [0.717, 1.165) is 38.3 Å². The number of furan rings is 1. The van der Waals surface area contributed by atoms with E-state index in [1.807, 2.05) is 17.4 Å². The van der Waals surface area contributed by atoms with Crippen LogP contribution >= 0.6 is 11.3 Å². The molecular weight excluding hydrogens is 326 g/mol. The van der Waals surface area contributed by atoms with Crippen LogP contribution in [0.2, 0.25) is 0 Å². The van der Waals surface area contributed by atoms with E-state index in [-0.39, 0.29) is 11.9 Å². The highest BCUT2D eigenvalue weighted by Gasteiger charge is 2.21. The third kappa shape index (κ3) is 4.47. The molecule has 0 aliphatic carbocycles. The van der Waals surface area contributed by atoms with Crippen LogP contribution in [0.4, 0.5) is 0 Å². The number of thiophene rings is 1. The normalized spacial score (nSPS) is 17.5. The maximum Gasteiger partial charge on any atom is 0.373 e. The number of ether oxygens (including phenoxy) is 2. The molecule has 24 heavy (non-hydrogen) atoms. The van der Waals surface area contributed by atoms with Crippen LogP contribution in [0.5, 0.6) is 0 Å². The second-order valence-corrected chi connectivity index (χ2v) is 7.45. The van der Waals surface area contributed by atoms with Crippen molar-refractivity contribution in [2.45, 2.75) is 39.0 Å². The molecule has 1 aliphatic rings. The lowest BCUT2D eigenvalue weighted by atomic mass is 10.2. The van der Waals surface area contributed by atoms with Gasteiger partial charge in [0.2, 0.25) is 5.76 Å². The first-order chi connectivity index (χ1) is 11.6. The van der Waals surface area contributed by atoms with Gasteiger partial charge in [-0.3, -0.25) is 4.90 Å². The van der Waals surface area contributed by atoms with E-state index >= 15 is 0 Å². The van der Waals surface area contributed by atoms with Gasteiger partial charge >= 0.3 is 5.97 Å². The molecule has 0 aromatic carbocycles. The smallest absolute Gasteiger partial charge is 0.373 e. The number of aryl methyl sites for hydroxylation is 1. The van der Waals surface area contributed by atoms with Crippen LogP contribution < -0.4 is 0 Å². The molecule has 130 valence electrons. The lowest BCUT2D eigenvalue weighted by molar-refractivity contribution is 0.0548. The number of hydrogen-bond donors (Lipinski definition) is 0. The van der Waals surface area contributed by atoms with Gasteiger partial charge in [0.25, 0.3) is 0 Å². The van der Waals surface area contributed by atoms with Crippen molar-refractivity contribution in [3.05, 3.63) is 45.5 Å². The highest BCUT2D eigenvalue weighted by molar-refractivity contribution is 7.11. The van der Waals surface area contributed by atoms with E-state index in [1.54, 1.807) is 6.07 Å². The fourth-order valence-electron chi connectivity index (χ4n) is 2.95. The number of nitrogens with zero attached hydrogens (tertiary/aromatic N) is 1. The average Bonchev–Trinajstić information content (AvgIpc) is 3.30.